The van der Waals surface area contributed by atoms with Crippen molar-refractivity contribution in [3.63, 3.8) is 0 Å². The lowest BCUT2D eigenvalue weighted by molar-refractivity contribution is 0.0971. The van der Waals surface area contributed by atoms with Crippen LogP contribution in [0.1, 0.15) is 27.7 Å². The minimum absolute atomic E-state index is 0.0179. The van der Waals surface area contributed by atoms with Gasteiger partial charge in [0.15, 0.2) is 16.9 Å². The maximum Gasteiger partial charge on any atom is 0.295 e. The van der Waals surface area contributed by atoms with Gasteiger partial charge >= 0.3 is 0 Å². The fraction of sp³-hybridized carbons (Fsp3) is 0.0833. The summed E-state index contributed by atoms with van der Waals surface area (Å²) in [7, 11) is 1.39. The van der Waals surface area contributed by atoms with Crippen LogP contribution in [-0.4, -0.2) is 18.1 Å². The van der Waals surface area contributed by atoms with Crippen LogP contribution in [0.15, 0.2) is 68.3 Å². The highest BCUT2D eigenvalue weighted by atomic mass is 79.9. The predicted molar refractivity (Wildman–Crippen MR) is 125 cm³/mol. The van der Waals surface area contributed by atoms with Gasteiger partial charge in [0.2, 0.25) is 5.76 Å². The number of rotatable bonds is 3. The van der Waals surface area contributed by atoms with E-state index in [-0.39, 0.29) is 33.8 Å². The first-order chi connectivity index (χ1) is 15.8. The summed E-state index contributed by atoms with van der Waals surface area (Å²) >= 11 is 9.47. The van der Waals surface area contributed by atoms with E-state index in [0.717, 1.165) is 12.1 Å². The second-order valence-electron chi connectivity index (χ2n) is 7.43. The second-order valence-corrected chi connectivity index (χ2v) is 8.72. The Balaban J connectivity index is 1.85. The zero-order chi connectivity index (χ0) is 23.4. The maximum atomic E-state index is 13.9. The van der Waals surface area contributed by atoms with Crippen molar-refractivity contribution in [3.05, 3.63) is 97.0 Å². The normalized spacial score (nSPS) is 15.2. The molecule has 0 fully saturated rings. The summed E-state index contributed by atoms with van der Waals surface area (Å²) in [6.07, 6.45) is 0. The van der Waals surface area contributed by atoms with Crippen LogP contribution < -0.4 is 15.1 Å². The molecule has 1 atom stereocenters. The lowest BCUT2D eigenvalue weighted by atomic mass is 9.97. The molecule has 3 aromatic carbocycles. The van der Waals surface area contributed by atoms with E-state index < -0.39 is 23.2 Å². The average Bonchev–Trinajstić information content (AvgIpc) is 3.08. The number of hydrogen-bond donors (Lipinski definition) is 1. The number of benzene rings is 3. The van der Waals surface area contributed by atoms with Crippen molar-refractivity contribution in [2.24, 2.45) is 0 Å². The number of anilines is 1. The molecule has 0 saturated heterocycles. The highest BCUT2D eigenvalue weighted by Crippen LogP contribution is 2.45. The highest BCUT2D eigenvalue weighted by Gasteiger charge is 2.44. The predicted octanol–water partition coefficient (Wildman–Crippen LogP) is 5.81. The fourth-order valence-corrected chi connectivity index (χ4v) is 4.70. The van der Waals surface area contributed by atoms with Crippen LogP contribution in [0.5, 0.6) is 11.5 Å². The third kappa shape index (κ3) is 3.37. The van der Waals surface area contributed by atoms with E-state index in [1.54, 1.807) is 30.3 Å². The number of phenols is 1. The van der Waals surface area contributed by atoms with Crippen molar-refractivity contribution >= 4 is 50.1 Å². The molecule has 1 aliphatic heterocycles. The number of amides is 1. The maximum absolute atomic E-state index is 13.9. The van der Waals surface area contributed by atoms with E-state index >= 15 is 0 Å². The molecule has 1 aromatic heterocycles. The van der Waals surface area contributed by atoms with Gasteiger partial charge < -0.3 is 14.3 Å². The quantitative estimate of drug-likeness (QED) is 0.361. The molecule has 2 heterocycles. The number of nitrogens with zero attached hydrogens (tertiary/aromatic N) is 1. The Morgan fingerprint density at radius 1 is 1.15 bits per heavy atom. The highest BCUT2D eigenvalue weighted by molar-refractivity contribution is 9.10. The Morgan fingerprint density at radius 3 is 2.67 bits per heavy atom. The van der Waals surface area contributed by atoms with Crippen LogP contribution in [0.25, 0.3) is 11.0 Å². The number of fused-ring (bicyclic) bond motifs is 2. The summed E-state index contributed by atoms with van der Waals surface area (Å²) in [4.78, 5) is 28.5. The Morgan fingerprint density at radius 2 is 1.94 bits per heavy atom. The van der Waals surface area contributed by atoms with E-state index in [1.165, 1.54) is 24.1 Å². The number of carbonyl (C=O) groups excluding carboxylic acids is 1. The van der Waals surface area contributed by atoms with Crippen molar-refractivity contribution in [1.29, 1.82) is 0 Å². The lowest BCUT2D eigenvalue weighted by Gasteiger charge is -2.26. The van der Waals surface area contributed by atoms with Gasteiger partial charge in [-0.25, -0.2) is 4.39 Å². The number of phenolic OH excluding ortho intramolecular Hbond substituents is 1. The number of ether oxygens (including phenoxy) is 1. The first-order valence-corrected chi connectivity index (χ1v) is 10.9. The molecule has 0 radical (unpaired) electrons. The van der Waals surface area contributed by atoms with Gasteiger partial charge in [-0.2, -0.15) is 0 Å². The number of halogens is 3. The first kappa shape index (κ1) is 21.5. The smallest absolute Gasteiger partial charge is 0.295 e. The molecule has 1 unspecified atom stereocenters. The molecule has 6 nitrogen and oxygen atoms in total. The summed E-state index contributed by atoms with van der Waals surface area (Å²) in [6.45, 7) is 0. The van der Waals surface area contributed by atoms with Gasteiger partial charge in [-0.05, 0) is 70.0 Å². The van der Waals surface area contributed by atoms with E-state index in [4.69, 9.17) is 20.8 Å². The van der Waals surface area contributed by atoms with Crippen molar-refractivity contribution in [2.75, 3.05) is 12.0 Å². The molecule has 4 aromatic rings. The monoisotopic (exact) mass is 529 g/mol. The van der Waals surface area contributed by atoms with Gasteiger partial charge in [-0.1, -0.05) is 17.7 Å². The Kier molecular flexibility index (Phi) is 5.14. The van der Waals surface area contributed by atoms with Gasteiger partial charge in [-0.3, -0.25) is 14.5 Å². The summed E-state index contributed by atoms with van der Waals surface area (Å²) in [5.41, 5.74) is 0.521. The molecule has 1 amide bonds. The van der Waals surface area contributed by atoms with E-state index in [9.17, 15) is 19.1 Å². The molecule has 1 aliphatic rings. The molecule has 1 N–H and O–H groups in total. The minimum atomic E-state index is -0.944. The third-order valence-electron chi connectivity index (χ3n) is 5.50. The van der Waals surface area contributed by atoms with Crippen LogP contribution in [0.3, 0.4) is 0 Å². The van der Waals surface area contributed by atoms with Crippen LogP contribution in [0.4, 0.5) is 10.1 Å². The molecule has 33 heavy (non-hydrogen) atoms. The first-order valence-electron chi connectivity index (χ1n) is 9.72. The molecule has 0 saturated carbocycles. The van der Waals surface area contributed by atoms with Gasteiger partial charge in [0.1, 0.15) is 11.4 Å². The fourth-order valence-electron chi connectivity index (χ4n) is 4.06. The molecule has 9 heteroatoms. The van der Waals surface area contributed by atoms with Crippen LogP contribution >= 0.6 is 27.5 Å². The van der Waals surface area contributed by atoms with E-state index in [2.05, 4.69) is 15.9 Å². The van der Waals surface area contributed by atoms with Gasteiger partial charge in [0.05, 0.1) is 28.6 Å². The number of carbonyl (C=O) groups is 1. The summed E-state index contributed by atoms with van der Waals surface area (Å²) in [5, 5.41) is 10.7. The molecule has 0 aliphatic carbocycles. The summed E-state index contributed by atoms with van der Waals surface area (Å²) in [6, 6.07) is 12.3. The van der Waals surface area contributed by atoms with Crippen molar-refractivity contribution < 1.29 is 23.4 Å². The lowest BCUT2D eigenvalue weighted by Crippen LogP contribution is -2.29. The number of aromatic hydroxyl groups is 1. The Bertz CT molecular complexity index is 1520. The molecule has 5 rings (SSSR count). The number of hydrogen-bond acceptors (Lipinski definition) is 5. The molecule has 166 valence electrons. The molecular formula is C24H14BrClFNO5. The van der Waals surface area contributed by atoms with Crippen molar-refractivity contribution in [2.45, 2.75) is 6.04 Å². The largest absolute Gasteiger partial charge is 0.503 e. The zero-order valence-corrected chi connectivity index (χ0v) is 19.3. The van der Waals surface area contributed by atoms with Crippen molar-refractivity contribution in [3.8, 4) is 11.5 Å². The minimum Gasteiger partial charge on any atom is -0.503 e. The average molecular weight is 531 g/mol. The molecule has 0 bridgehead atoms. The zero-order valence-electron chi connectivity index (χ0n) is 16.9. The number of methoxy groups -OCH3 is 1. The van der Waals surface area contributed by atoms with Crippen LogP contribution in [0, 0.1) is 5.82 Å². The SMILES string of the molecule is COc1cc(C2c3c(oc4ccc(F)cc4c3=O)C(=O)N2c2cccc(Cl)c2)cc(Br)c1O. The third-order valence-corrected chi connectivity index (χ3v) is 6.34. The van der Waals surface area contributed by atoms with Gasteiger partial charge in [0, 0.05) is 10.7 Å². The Hall–Kier alpha value is -3.36. The van der Waals surface area contributed by atoms with Crippen LogP contribution in [-0.2, 0) is 0 Å². The van der Waals surface area contributed by atoms with Crippen LogP contribution in [0.2, 0.25) is 5.02 Å². The van der Waals surface area contributed by atoms with Crippen molar-refractivity contribution in [1.82, 2.24) is 0 Å². The molecule has 0 spiro atoms. The molecular weight excluding hydrogens is 517 g/mol. The standard InChI is InChI=1S/C24H14BrClFNO5/c1-32-18-8-11(7-16(25)22(18)30)20-19-21(29)15-10-13(27)5-6-17(15)33-23(19)24(31)28(20)14-4-2-3-12(26)9-14/h2-10,20,30H,1H3. The topological polar surface area (TPSA) is 80.0 Å². The summed E-state index contributed by atoms with van der Waals surface area (Å²) in [5.74, 6) is -1.29. The Labute approximate surface area is 199 Å². The van der Waals surface area contributed by atoms with Gasteiger partial charge in [-0.15, -0.1) is 0 Å². The van der Waals surface area contributed by atoms with Gasteiger partial charge in [0.25, 0.3) is 5.91 Å². The second kappa shape index (κ2) is 7.90. The van der Waals surface area contributed by atoms with E-state index in [0.29, 0.717) is 20.7 Å². The van der Waals surface area contributed by atoms with E-state index in [1.807, 2.05) is 0 Å². The summed E-state index contributed by atoms with van der Waals surface area (Å²) < 4.78 is 25.3.